The Hall–Kier alpha value is -2.41. The van der Waals surface area contributed by atoms with Gasteiger partial charge in [-0.1, -0.05) is 0 Å². The molecule has 7 nitrogen and oxygen atoms in total. The number of carboxylic acids is 1. The summed E-state index contributed by atoms with van der Waals surface area (Å²) in [6, 6.07) is 3.96. The van der Waals surface area contributed by atoms with E-state index in [-0.39, 0.29) is 23.4 Å². The number of aromatic nitrogens is 1. The van der Waals surface area contributed by atoms with Crippen molar-refractivity contribution in [1.82, 2.24) is 15.6 Å². The molecule has 0 radical (unpaired) electrons. The van der Waals surface area contributed by atoms with Crippen LogP contribution in [-0.4, -0.2) is 40.1 Å². The molecule has 2 fully saturated rings. The van der Waals surface area contributed by atoms with Crippen LogP contribution in [0.1, 0.15) is 40.3 Å². The molecule has 4 heterocycles. The zero-order chi connectivity index (χ0) is 15.3. The number of nitrogens with zero attached hydrogens (tertiary/aromatic N) is 1. The van der Waals surface area contributed by atoms with E-state index in [0.29, 0.717) is 23.1 Å². The summed E-state index contributed by atoms with van der Waals surface area (Å²) >= 11 is 0. The van der Waals surface area contributed by atoms with Crippen molar-refractivity contribution in [1.29, 1.82) is 0 Å². The van der Waals surface area contributed by atoms with Crippen molar-refractivity contribution in [3.63, 3.8) is 0 Å². The highest BCUT2D eigenvalue weighted by atomic mass is 16.4. The number of rotatable bonds is 3. The number of fused-ring (bicyclic) bond motifs is 3. The molecule has 22 heavy (non-hydrogen) atoms. The zero-order valence-corrected chi connectivity index (χ0v) is 11.7. The second kappa shape index (κ2) is 4.81. The topological polar surface area (TPSA) is 104 Å². The summed E-state index contributed by atoms with van der Waals surface area (Å²) in [4.78, 5) is 27.3. The second-order valence-corrected chi connectivity index (χ2v) is 5.89. The minimum atomic E-state index is -1.14. The Morgan fingerprint density at radius 1 is 1.36 bits per heavy atom. The van der Waals surface area contributed by atoms with Crippen LogP contribution in [-0.2, 0) is 0 Å². The Morgan fingerprint density at radius 3 is 2.91 bits per heavy atom. The molecule has 7 heteroatoms. The van der Waals surface area contributed by atoms with Crippen LogP contribution in [0.15, 0.2) is 22.7 Å². The zero-order valence-electron chi connectivity index (χ0n) is 11.7. The molecule has 114 valence electrons. The van der Waals surface area contributed by atoms with Crippen molar-refractivity contribution in [3.05, 3.63) is 29.8 Å². The number of carbonyl (C=O) groups is 2. The van der Waals surface area contributed by atoms with E-state index in [9.17, 15) is 9.59 Å². The van der Waals surface area contributed by atoms with Crippen LogP contribution in [0.5, 0.6) is 0 Å². The Balaban J connectivity index is 1.55. The van der Waals surface area contributed by atoms with Crippen LogP contribution in [0.2, 0.25) is 0 Å². The van der Waals surface area contributed by atoms with Gasteiger partial charge in [-0.15, -0.1) is 0 Å². The Bertz CT molecular complexity index is 769. The molecular formula is C15H15N3O4. The van der Waals surface area contributed by atoms with Gasteiger partial charge in [0.2, 0.25) is 5.76 Å². The van der Waals surface area contributed by atoms with Crippen LogP contribution in [0, 0.1) is 0 Å². The van der Waals surface area contributed by atoms with Crippen molar-refractivity contribution in [2.24, 2.45) is 0 Å². The van der Waals surface area contributed by atoms with Crippen molar-refractivity contribution < 1.29 is 19.1 Å². The summed E-state index contributed by atoms with van der Waals surface area (Å²) < 4.78 is 5.13. The Morgan fingerprint density at radius 2 is 2.23 bits per heavy atom. The van der Waals surface area contributed by atoms with Crippen molar-refractivity contribution in [2.45, 2.75) is 37.4 Å². The summed E-state index contributed by atoms with van der Waals surface area (Å²) in [7, 11) is 0. The third-order valence-corrected chi connectivity index (χ3v) is 4.46. The van der Waals surface area contributed by atoms with Gasteiger partial charge in [-0.05, 0) is 31.4 Å². The first kappa shape index (κ1) is 13.3. The van der Waals surface area contributed by atoms with Crippen LogP contribution in [0.25, 0.3) is 11.0 Å². The van der Waals surface area contributed by atoms with Gasteiger partial charge in [0.25, 0.3) is 5.91 Å². The Kier molecular flexibility index (Phi) is 2.90. The van der Waals surface area contributed by atoms with E-state index in [1.165, 1.54) is 18.7 Å². The van der Waals surface area contributed by atoms with Crippen molar-refractivity contribution in [2.75, 3.05) is 0 Å². The maximum Gasteiger partial charge on any atom is 0.371 e. The molecule has 0 aromatic carbocycles. The van der Waals surface area contributed by atoms with Gasteiger partial charge >= 0.3 is 5.97 Å². The lowest BCUT2D eigenvalue weighted by Crippen LogP contribution is -2.43. The first-order valence-electron chi connectivity index (χ1n) is 7.30. The molecule has 3 N–H and O–H groups in total. The lowest BCUT2D eigenvalue weighted by molar-refractivity contribution is 0.0664. The van der Waals surface area contributed by atoms with Crippen molar-refractivity contribution in [3.8, 4) is 0 Å². The van der Waals surface area contributed by atoms with E-state index in [4.69, 9.17) is 9.52 Å². The quantitative estimate of drug-likeness (QED) is 0.785. The summed E-state index contributed by atoms with van der Waals surface area (Å²) in [6.07, 6.45) is 4.60. The summed E-state index contributed by atoms with van der Waals surface area (Å²) in [5.41, 5.74) is 0.628. The molecule has 0 saturated carbocycles. The SMILES string of the molecule is O=C(N[C@@H]1C[C@H]2CC[C@@H]1N2)c1cc2cc(C(=O)O)oc2cn1. The van der Waals surface area contributed by atoms with E-state index in [2.05, 4.69) is 15.6 Å². The summed E-state index contributed by atoms with van der Waals surface area (Å²) in [6.45, 7) is 0. The lowest BCUT2D eigenvalue weighted by atomic mass is 9.95. The highest BCUT2D eigenvalue weighted by Gasteiger charge is 2.39. The monoisotopic (exact) mass is 301 g/mol. The maximum absolute atomic E-state index is 12.3. The summed E-state index contributed by atoms with van der Waals surface area (Å²) in [5.74, 6) is -1.54. The molecule has 2 aliphatic heterocycles. The minimum Gasteiger partial charge on any atom is -0.475 e. The van der Waals surface area contributed by atoms with Crippen LogP contribution in [0.3, 0.4) is 0 Å². The number of pyridine rings is 1. The molecule has 0 spiro atoms. The standard InChI is InChI=1S/C15H15N3O4/c19-14(18-10-5-8-1-2-9(10)17-8)11-3-7-4-12(15(20)21)22-13(7)6-16-11/h3-4,6,8-10,17H,1-2,5H2,(H,18,19)(H,20,21)/t8-,9+,10-/m1/s1. The maximum atomic E-state index is 12.3. The normalized spacial score (nSPS) is 26.5. The first-order chi connectivity index (χ1) is 10.6. The molecule has 2 aromatic heterocycles. The second-order valence-electron chi connectivity index (χ2n) is 5.89. The van der Waals surface area contributed by atoms with Crippen LogP contribution in [0.4, 0.5) is 0 Å². The highest BCUT2D eigenvalue weighted by Crippen LogP contribution is 2.28. The van der Waals surface area contributed by atoms with Crippen LogP contribution < -0.4 is 10.6 Å². The average Bonchev–Trinajstić information content (AvgIpc) is 3.20. The molecule has 1 amide bonds. The fourth-order valence-corrected chi connectivity index (χ4v) is 3.40. The molecule has 2 aromatic rings. The first-order valence-corrected chi connectivity index (χ1v) is 7.30. The molecule has 0 aliphatic carbocycles. The number of aromatic carboxylic acids is 1. The average molecular weight is 301 g/mol. The highest BCUT2D eigenvalue weighted by molar-refractivity contribution is 5.97. The molecule has 2 aliphatic rings. The van der Waals surface area contributed by atoms with Gasteiger partial charge < -0.3 is 20.2 Å². The van der Waals surface area contributed by atoms with Gasteiger partial charge in [-0.25, -0.2) is 9.78 Å². The predicted molar refractivity (Wildman–Crippen MR) is 76.8 cm³/mol. The number of hydrogen-bond donors (Lipinski definition) is 3. The molecular weight excluding hydrogens is 286 g/mol. The molecule has 3 atom stereocenters. The van der Waals surface area contributed by atoms with Crippen molar-refractivity contribution >= 4 is 22.8 Å². The van der Waals surface area contributed by atoms with Gasteiger partial charge in [-0.2, -0.15) is 0 Å². The van der Waals surface area contributed by atoms with E-state index in [1.54, 1.807) is 6.07 Å². The molecule has 0 unspecified atom stereocenters. The van der Waals surface area contributed by atoms with E-state index >= 15 is 0 Å². The third-order valence-electron chi connectivity index (χ3n) is 4.46. The smallest absolute Gasteiger partial charge is 0.371 e. The van der Waals surface area contributed by atoms with Gasteiger partial charge in [0.15, 0.2) is 5.58 Å². The van der Waals surface area contributed by atoms with E-state index in [1.807, 2.05) is 0 Å². The minimum absolute atomic E-state index is 0.141. The fraction of sp³-hybridized carbons (Fsp3) is 0.400. The fourth-order valence-electron chi connectivity index (χ4n) is 3.40. The molecule has 2 saturated heterocycles. The van der Waals surface area contributed by atoms with Gasteiger partial charge in [-0.3, -0.25) is 4.79 Å². The Labute approximate surface area is 125 Å². The van der Waals surface area contributed by atoms with E-state index in [0.717, 1.165) is 12.8 Å². The van der Waals surface area contributed by atoms with Gasteiger partial charge in [0, 0.05) is 23.5 Å². The van der Waals surface area contributed by atoms with E-state index < -0.39 is 5.97 Å². The number of nitrogens with one attached hydrogen (secondary N) is 2. The molecule has 2 bridgehead atoms. The largest absolute Gasteiger partial charge is 0.475 e. The number of carbonyl (C=O) groups excluding carboxylic acids is 1. The third kappa shape index (κ3) is 2.14. The van der Waals surface area contributed by atoms with Crippen LogP contribution >= 0.6 is 0 Å². The van der Waals surface area contributed by atoms with Gasteiger partial charge in [0.05, 0.1) is 6.20 Å². The number of carboxylic acid groups (broad SMARTS) is 1. The summed E-state index contributed by atoms with van der Waals surface area (Å²) in [5, 5.41) is 15.9. The number of amides is 1. The predicted octanol–water partition coefficient (Wildman–Crippen LogP) is 1.15. The van der Waals surface area contributed by atoms with Gasteiger partial charge in [0.1, 0.15) is 5.69 Å². The molecule has 4 rings (SSSR count). The lowest BCUT2D eigenvalue weighted by Gasteiger charge is -2.21. The number of hydrogen-bond acceptors (Lipinski definition) is 5. The number of furan rings is 1.